The highest BCUT2D eigenvalue weighted by atomic mass is 19.4. The summed E-state index contributed by atoms with van der Waals surface area (Å²) in [6.45, 7) is 1.74. The molecule has 0 aliphatic rings. The van der Waals surface area contributed by atoms with Crippen molar-refractivity contribution in [2.24, 2.45) is 5.73 Å². The van der Waals surface area contributed by atoms with E-state index in [1.807, 2.05) is 0 Å². The second kappa shape index (κ2) is 4.49. The fraction of sp³-hybridized carbons (Fsp3) is 0.231. The lowest BCUT2D eigenvalue weighted by atomic mass is 9.97. The van der Waals surface area contributed by atoms with E-state index in [1.54, 1.807) is 13.0 Å². The maximum atomic E-state index is 12.9. The van der Waals surface area contributed by atoms with Crippen LogP contribution in [0.1, 0.15) is 28.5 Å². The third-order valence-corrected chi connectivity index (χ3v) is 2.79. The van der Waals surface area contributed by atoms with Gasteiger partial charge in [-0.15, -0.1) is 0 Å². The molecule has 96 valence electrons. The van der Waals surface area contributed by atoms with Crippen molar-refractivity contribution < 1.29 is 17.6 Å². The highest BCUT2D eigenvalue weighted by molar-refractivity contribution is 5.37. The Morgan fingerprint density at radius 3 is 2.39 bits per heavy atom. The first kappa shape index (κ1) is 12.7. The van der Waals surface area contributed by atoms with E-state index in [4.69, 9.17) is 10.2 Å². The Morgan fingerprint density at radius 1 is 1.17 bits per heavy atom. The highest BCUT2D eigenvalue weighted by Gasteiger charge is 2.35. The summed E-state index contributed by atoms with van der Waals surface area (Å²) < 4.78 is 43.8. The topological polar surface area (TPSA) is 39.2 Å². The lowest BCUT2D eigenvalue weighted by molar-refractivity contribution is -0.138. The van der Waals surface area contributed by atoms with Crippen LogP contribution in [0.3, 0.4) is 0 Å². The van der Waals surface area contributed by atoms with Gasteiger partial charge < -0.3 is 10.2 Å². The van der Waals surface area contributed by atoms with Gasteiger partial charge in [-0.1, -0.05) is 18.2 Å². The van der Waals surface area contributed by atoms with Crippen molar-refractivity contribution in [3.8, 4) is 0 Å². The summed E-state index contributed by atoms with van der Waals surface area (Å²) in [6, 6.07) is 6.02. The van der Waals surface area contributed by atoms with E-state index in [1.165, 1.54) is 24.5 Å². The third-order valence-electron chi connectivity index (χ3n) is 2.79. The first-order valence-electron chi connectivity index (χ1n) is 5.37. The second-order valence-corrected chi connectivity index (χ2v) is 4.03. The number of rotatable bonds is 2. The average Bonchev–Trinajstić information content (AvgIpc) is 2.73. The van der Waals surface area contributed by atoms with Crippen LogP contribution >= 0.6 is 0 Å². The zero-order valence-electron chi connectivity index (χ0n) is 9.66. The number of alkyl halides is 3. The van der Waals surface area contributed by atoms with Gasteiger partial charge in [0.25, 0.3) is 0 Å². The summed E-state index contributed by atoms with van der Waals surface area (Å²) in [5, 5.41) is 0. The predicted octanol–water partition coefficient (Wildman–Crippen LogP) is 3.65. The molecule has 0 bridgehead atoms. The van der Waals surface area contributed by atoms with Crippen molar-refractivity contribution in [1.82, 2.24) is 0 Å². The quantitative estimate of drug-likeness (QED) is 0.889. The second-order valence-electron chi connectivity index (χ2n) is 4.03. The molecule has 0 aliphatic heterocycles. The molecule has 1 aromatic heterocycles. The zero-order valence-corrected chi connectivity index (χ0v) is 9.66. The maximum absolute atomic E-state index is 12.9. The van der Waals surface area contributed by atoms with E-state index < -0.39 is 17.8 Å². The summed E-state index contributed by atoms with van der Waals surface area (Å²) in [5.41, 5.74) is 5.89. The van der Waals surface area contributed by atoms with Crippen LogP contribution in [0.15, 0.2) is 41.0 Å². The lowest BCUT2D eigenvalue weighted by Gasteiger charge is -2.17. The molecule has 0 saturated heterocycles. The van der Waals surface area contributed by atoms with Gasteiger partial charge in [0, 0.05) is 0 Å². The van der Waals surface area contributed by atoms with Crippen molar-refractivity contribution in [2.45, 2.75) is 19.1 Å². The molecule has 18 heavy (non-hydrogen) atoms. The minimum atomic E-state index is -4.42. The minimum absolute atomic E-state index is 0.0167. The van der Waals surface area contributed by atoms with Gasteiger partial charge in [-0.05, 0) is 30.2 Å². The van der Waals surface area contributed by atoms with Crippen molar-refractivity contribution in [3.05, 3.63) is 59.0 Å². The third kappa shape index (κ3) is 2.26. The number of furan rings is 1. The van der Waals surface area contributed by atoms with Gasteiger partial charge in [-0.2, -0.15) is 13.2 Å². The largest absolute Gasteiger partial charge is 0.467 e. The van der Waals surface area contributed by atoms with Crippen LogP contribution in [0.25, 0.3) is 0 Å². The van der Waals surface area contributed by atoms with Crippen molar-refractivity contribution in [2.75, 3.05) is 0 Å². The standard InChI is InChI=1S/C13H12F3NO/c1-8-6-7-18-12(8)11(17)9-4-2-3-5-10(9)13(14,15)16/h2-7,11H,17H2,1H3. The molecule has 0 spiro atoms. The van der Waals surface area contributed by atoms with E-state index in [-0.39, 0.29) is 5.56 Å². The first-order chi connectivity index (χ1) is 8.41. The zero-order chi connectivity index (χ0) is 13.3. The Labute approximate surface area is 102 Å². The van der Waals surface area contributed by atoms with Crippen LogP contribution in [0, 0.1) is 6.92 Å². The number of halogens is 3. The van der Waals surface area contributed by atoms with Gasteiger partial charge in [-0.25, -0.2) is 0 Å². The smallest absolute Gasteiger partial charge is 0.416 e. The van der Waals surface area contributed by atoms with E-state index in [9.17, 15) is 13.2 Å². The normalized spacial score (nSPS) is 13.6. The molecule has 1 heterocycles. The minimum Gasteiger partial charge on any atom is -0.467 e. The summed E-state index contributed by atoms with van der Waals surface area (Å²) in [5.74, 6) is 0.353. The van der Waals surface area contributed by atoms with Gasteiger partial charge in [-0.3, -0.25) is 0 Å². The summed E-state index contributed by atoms with van der Waals surface area (Å²) >= 11 is 0. The number of nitrogens with two attached hydrogens (primary N) is 1. The molecule has 2 N–H and O–H groups in total. The molecule has 0 fully saturated rings. The molecule has 2 nitrogen and oxygen atoms in total. The molecule has 1 atom stereocenters. The fourth-order valence-corrected chi connectivity index (χ4v) is 1.87. The molecule has 2 rings (SSSR count). The molecule has 0 aliphatic carbocycles. The van der Waals surface area contributed by atoms with Crippen LogP contribution in [-0.4, -0.2) is 0 Å². The molecule has 5 heteroatoms. The van der Waals surface area contributed by atoms with Crippen LogP contribution in [0.4, 0.5) is 13.2 Å². The Balaban J connectivity index is 2.49. The summed E-state index contributed by atoms with van der Waals surface area (Å²) in [4.78, 5) is 0. The van der Waals surface area contributed by atoms with Gasteiger partial charge >= 0.3 is 6.18 Å². The SMILES string of the molecule is Cc1ccoc1C(N)c1ccccc1C(F)(F)F. The van der Waals surface area contributed by atoms with E-state index >= 15 is 0 Å². The highest BCUT2D eigenvalue weighted by Crippen LogP contribution is 2.36. The van der Waals surface area contributed by atoms with Crippen LogP contribution in [0.2, 0.25) is 0 Å². The van der Waals surface area contributed by atoms with Gasteiger partial charge in [0.2, 0.25) is 0 Å². The maximum Gasteiger partial charge on any atom is 0.416 e. The molecular weight excluding hydrogens is 243 g/mol. The van der Waals surface area contributed by atoms with Gasteiger partial charge in [0.1, 0.15) is 5.76 Å². The van der Waals surface area contributed by atoms with E-state index in [2.05, 4.69) is 0 Å². The number of hydrogen-bond acceptors (Lipinski definition) is 2. The Bertz CT molecular complexity index is 545. The average molecular weight is 255 g/mol. The number of benzene rings is 1. The predicted molar refractivity (Wildman–Crippen MR) is 60.9 cm³/mol. The van der Waals surface area contributed by atoms with E-state index in [0.717, 1.165) is 11.6 Å². The van der Waals surface area contributed by atoms with Crippen LogP contribution in [-0.2, 0) is 6.18 Å². The van der Waals surface area contributed by atoms with Crippen LogP contribution < -0.4 is 5.73 Å². The van der Waals surface area contributed by atoms with Crippen molar-refractivity contribution in [3.63, 3.8) is 0 Å². The van der Waals surface area contributed by atoms with Crippen molar-refractivity contribution >= 4 is 0 Å². The van der Waals surface area contributed by atoms with Crippen LogP contribution in [0.5, 0.6) is 0 Å². The summed E-state index contributed by atoms with van der Waals surface area (Å²) in [6.07, 6.45) is -3.00. The summed E-state index contributed by atoms with van der Waals surface area (Å²) in [7, 11) is 0. The Hall–Kier alpha value is -1.75. The van der Waals surface area contributed by atoms with Gasteiger partial charge in [0.05, 0.1) is 17.9 Å². The van der Waals surface area contributed by atoms with Crippen molar-refractivity contribution in [1.29, 1.82) is 0 Å². The fourth-order valence-electron chi connectivity index (χ4n) is 1.87. The molecule has 0 saturated carbocycles. The Morgan fingerprint density at radius 2 is 1.83 bits per heavy atom. The number of aryl methyl sites for hydroxylation is 1. The molecule has 1 unspecified atom stereocenters. The molecular formula is C13H12F3NO. The van der Waals surface area contributed by atoms with Gasteiger partial charge in [0.15, 0.2) is 0 Å². The molecule has 0 radical (unpaired) electrons. The lowest BCUT2D eigenvalue weighted by Crippen LogP contribution is -2.18. The molecule has 0 amide bonds. The van der Waals surface area contributed by atoms with E-state index in [0.29, 0.717) is 5.76 Å². The monoisotopic (exact) mass is 255 g/mol. The molecule has 1 aromatic carbocycles. The Kier molecular flexibility index (Phi) is 3.17. The number of hydrogen-bond donors (Lipinski definition) is 1. The molecule has 2 aromatic rings. The first-order valence-corrected chi connectivity index (χ1v) is 5.37.